The maximum Gasteiger partial charge on any atom is 0.137 e. The monoisotopic (exact) mass is 285 g/mol. The van der Waals surface area contributed by atoms with E-state index in [1.54, 1.807) is 6.07 Å². The van der Waals surface area contributed by atoms with Crippen LogP contribution in [0.3, 0.4) is 0 Å². The quantitative estimate of drug-likeness (QED) is 0.884. The van der Waals surface area contributed by atoms with Crippen molar-refractivity contribution in [1.29, 1.82) is 0 Å². The Morgan fingerprint density at radius 2 is 2.19 bits per heavy atom. The van der Waals surface area contributed by atoms with Crippen molar-refractivity contribution >= 4 is 15.9 Å². The molecule has 88 valence electrons. The third-order valence-electron chi connectivity index (χ3n) is 3.80. The zero-order valence-corrected chi connectivity index (χ0v) is 11.0. The topological polar surface area (TPSA) is 26.0 Å². The zero-order chi connectivity index (χ0) is 11.7. The lowest BCUT2D eigenvalue weighted by molar-refractivity contribution is 0.389. The van der Waals surface area contributed by atoms with Gasteiger partial charge in [0.25, 0.3) is 0 Å². The molecular formula is C13H17BrFN. The average Bonchev–Trinajstić information content (AvgIpc) is 2.57. The van der Waals surface area contributed by atoms with E-state index < -0.39 is 0 Å². The van der Waals surface area contributed by atoms with E-state index in [2.05, 4.69) is 22.9 Å². The Kier molecular flexibility index (Phi) is 3.65. The molecule has 0 aliphatic heterocycles. The summed E-state index contributed by atoms with van der Waals surface area (Å²) in [5, 5.41) is 0. The highest BCUT2D eigenvalue weighted by molar-refractivity contribution is 9.10. The van der Waals surface area contributed by atoms with Crippen LogP contribution >= 0.6 is 15.9 Å². The van der Waals surface area contributed by atoms with Crippen LogP contribution < -0.4 is 5.73 Å². The van der Waals surface area contributed by atoms with E-state index in [4.69, 9.17) is 5.73 Å². The summed E-state index contributed by atoms with van der Waals surface area (Å²) < 4.78 is 14.0. The fraction of sp³-hybridized carbons (Fsp3) is 0.538. The first kappa shape index (κ1) is 12.1. The number of rotatable bonds is 2. The van der Waals surface area contributed by atoms with Gasteiger partial charge < -0.3 is 5.73 Å². The Morgan fingerprint density at radius 3 is 2.81 bits per heavy atom. The van der Waals surface area contributed by atoms with Gasteiger partial charge in [0, 0.05) is 6.04 Å². The molecule has 2 rings (SSSR count). The first-order valence-electron chi connectivity index (χ1n) is 5.78. The molecule has 1 aliphatic carbocycles. The highest BCUT2D eigenvalue weighted by Gasteiger charge is 2.30. The molecule has 1 nitrogen and oxygen atoms in total. The summed E-state index contributed by atoms with van der Waals surface area (Å²) in [4.78, 5) is 0. The summed E-state index contributed by atoms with van der Waals surface area (Å²) in [7, 11) is 0. The molecule has 1 aromatic rings. The number of hydrogen-bond acceptors (Lipinski definition) is 1. The van der Waals surface area contributed by atoms with Gasteiger partial charge in [-0.05, 0) is 58.7 Å². The predicted molar refractivity (Wildman–Crippen MR) is 67.7 cm³/mol. The van der Waals surface area contributed by atoms with Crippen molar-refractivity contribution in [1.82, 2.24) is 0 Å². The van der Waals surface area contributed by atoms with E-state index >= 15 is 0 Å². The van der Waals surface area contributed by atoms with E-state index in [1.807, 2.05) is 6.07 Å². The fourth-order valence-electron chi connectivity index (χ4n) is 2.56. The van der Waals surface area contributed by atoms with Gasteiger partial charge in [-0.25, -0.2) is 4.39 Å². The zero-order valence-electron chi connectivity index (χ0n) is 9.42. The Morgan fingerprint density at radius 1 is 1.44 bits per heavy atom. The molecule has 3 unspecified atom stereocenters. The molecule has 1 aromatic carbocycles. The molecular weight excluding hydrogens is 269 g/mol. The van der Waals surface area contributed by atoms with Gasteiger partial charge in [-0.2, -0.15) is 0 Å². The summed E-state index contributed by atoms with van der Waals surface area (Å²) in [5.74, 6) is 0.954. The lowest BCUT2D eigenvalue weighted by Gasteiger charge is -2.18. The van der Waals surface area contributed by atoms with E-state index in [0.717, 1.165) is 24.8 Å². The second kappa shape index (κ2) is 4.84. The predicted octanol–water partition coefficient (Wildman–Crippen LogP) is 3.50. The summed E-state index contributed by atoms with van der Waals surface area (Å²) in [6.45, 7) is 2.20. The summed E-state index contributed by atoms with van der Waals surface area (Å²) in [6.07, 6.45) is 3.18. The number of hydrogen-bond donors (Lipinski definition) is 1. The van der Waals surface area contributed by atoms with Crippen LogP contribution in [0.15, 0.2) is 22.7 Å². The minimum absolute atomic E-state index is 0.174. The summed E-state index contributed by atoms with van der Waals surface area (Å²) in [6, 6.07) is 5.56. The molecule has 16 heavy (non-hydrogen) atoms. The van der Waals surface area contributed by atoms with Gasteiger partial charge >= 0.3 is 0 Å². The lowest BCUT2D eigenvalue weighted by Crippen LogP contribution is -2.25. The smallest absolute Gasteiger partial charge is 0.137 e. The molecule has 1 saturated carbocycles. The van der Waals surface area contributed by atoms with Gasteiger partial charge in [0.1, 0.15) is 5.82 Å². The van der Waals surface area contributed by atoms with Gasteiger partial charge in [0.05, 0.1) is 4.47 Å². The third kappa shape index (κ3) is 2.30. The Labute approximate surface area is 104 Å². The highest BCUT2D eigenvalue weighted by atomic mass is 79.9. The Balaban J connectivity index is 2.12. The van der Waals surface area contributed by atoms with E-state index in [-0.39, 0.29) is 5.82 Å². The normalized spacial score (nSPS) is 29.6. The van der Waals surface area contributed by atoms with Crippen LogP contribution in [0.25, 0.3) is 0 Å². The average molecular weight is 286 g/mol. The molecule has 0 spiro atoms. The maximum absolute atomic E-state index is 13.4. The third-order valence-corrected chi connectivity index (χ3v) is 4.69. The largest absolute Gasteiger partial charge is 0.327 e. The van der Waals surface area contributed by atoms with Crippen molar-refractivity contribution < 1.29 is 4.39 Å². The fourth-order valence-corrected chi connectivity index (χ4v) is 2.98. The minimum Gasteiger partial charge on any atom is -0.327 e. The van der Waals surface area contributed by atoms with Gasteiger partial charge in [0.15, 0.2) is 0 Å². The van der Waals surface area contributed by atoms with E-state index in [0.29, 0.717) is 22.4 Å². The molecule has 1 fully saturated rings. The van der Waals surface area contributed by atoms with Crippen LogP contribution in [-0.4, -0.2) is 6.04 Å². The van der Waals surface area contributed by atoms with Gasteiger partial charge in [0.2, 0.25) is 0 Å². The first-order valence-corrected chi connectivity index (χ1v) is 6.57. The number of halogens is 2. The van der Waals surface area contributed by atoms with Gasteiger partial charge in [-0.1, -0.05) is 19.1 Å². The molecule has 3 heteroatoms. The van der Waals surface area contributed by atoms with E-state index in [1.165, 1.54) is 6.07 Å². The Bertz CT molecular complexity index is 380. The van der Waals surface area contributed by atoms with Crippen molar-refractivity contribution in [2.24, 2.45) is 17.6 Å². The first-order chi connectivity index (χ1) is 7.59. The lowest BCUT2D eigenvalue weighted by atomic mass is 9.90. The number of benzene rings is 1. The van der Waals surface area contributed by atoms with Crippen molar-refractivity contribution in [3.05, 3.63) is 34.1 Å². The van der Waals surface area contributed by atoms with Crippen LogP contribution in [-0.2, 0) is 6.42 Å². The molecule has 0 amide bonds. The summed E-state index contributed by atoms with van der Waals surface area (Å²) >= 11 is 3.32. The molecule has 2 N–H and O–H groups in total. The van der Waals surface area contributed by atoms with Gasteiger partial charge in [-0.15, -0.1) is 0 Å². The molecule has 0 bridgehead atoms. The van der Waals surface area contributed by atoms with Crippen LogP contribution in [0.2, 0.25) is 0 Å². The standard InChI is InChI=1S/C13H17BrFN/c1-8-9(5-6-12(8)16)7-10-3-2-4-11(15)13(10)14/h2-4,8-9,12H,5-7,16H2,1H3. The molecule has 0 aromatic heterocycles. The van der Waals surface area contributed by atoms with Crippen LogP contribution in [0.4, 0.5) is 4.39 Å². The molecule has 0 radical (unpaired) electrons. The maximum atomic E-state index is 13.4. The van der Waals surface area contributed by atoms with Gasteiger partial charge in [-0.3, -0.25) is 0 Å². The van der Waals surface area contributed by atoms with E-state index in [9.17, 15) is 4.39 Å². The van der Waals surface area contributed by atoms with Crippen LogP contribution in [0, 0.1) is 17.7 Å². The molecule has 0 saturated heterocycles. The van der Waals surface area contributed by atoms with Crippen molar-refractivity contribution in [2.75, 3.05) is 0 Å². The summed E-state index contributed by atoms with van der Waals surface area (Å²) in [5.41, 5.74) is 7.07. The SMILES string of the molecule is CC1C(N)CCC1Cc1cccc(F)c1Br. The van der Waals surface area contributed by atoms with Crippen LogP contribution in [0.1, 0.15) is 25.3 Å². The van der Waals surface area contributed by atoms with Crippen molar-refractivity contribution in [3.8, 4) is 0 Å². The molecule has 1 aliphatic rings. The molecule has 0 heterocycles. The van der Waals surface area contributed by atoms with Crippen LogP contribution in [0.5, 0.6) is 0 Å². The highest BCUT2D eigenvalue weighted by Crippen LogP contribution is 2.35. The van der Waals surface area contributed by atoms with Crippen molar-refractivity contribution in [3.63, 3.8) is 0 Å². The number of nitrogens with two attached hydrogens (primary N) is 1. The van der Waals surface area contributed by atoms with Crippen molar-refractivity contribution in [2.45, 2.75) is 32.2 Å². The molecule has 3 atom stereocenters. The minimum atomic E-state index is -0.174. The second-order valence-corrected chi connectivity index (χ2v) is 5.57. The second-order valence-electron chi connectivity index (χ2n) is 4.78. The Hall–Kier alpha value is -0.410.